The molecule has 2 atom stereocenters. The Morgan fingerprint density at radius 2 is 1.00 bits per heavy atom. The number of hydrogen-bond acceptors (Lipinski definition) is 3. The number of hydrogen-bond donors (Lipinski definition) is 3. The van der Waals surface area contributed by atoms with Crippen molar-refractivity contribution in [2.45, 2.75) is 193 Å². The van der Waals surface area contributed by atoms with Gasteiger partial charge in [-0.05, 0) is 19.3 Å². The summed E-state index contributed by atoms with van der Waals surface area (Å²) in [7, 11) is 0. The van der Waals surface area contributed by atoms with Crippen LogP contribution in [-0.4, -0.2) is 34.9 Å². The molecule has 0 rings (SSSR count). The molecule has 0 saturated heterocycles. The normalized spacial score (nSPS) is 13.4. The molecule has 0 aromatic heterocycles. The van der Waals surface area contributed by atoms with E-state index in [0.29, 0.717) is 6.42 Å². The predicted octanol–water partition coefficient (Wildman–Crippen LogP) is 10.1. The molecule has 0 aliphatic rings. The van der Waals surface area contributed by atoms with E-state index in [2.05, 4.69) is 25.2 Å². The zero-order chi connectivity index (χ0) is 29.4. The highest BCUT2D eigenvalue weighted by molar-refractivity contribution is 5.76. The number of rotatable bonds is 31. The van der Waals surface area contributed by atoms with Gasteiger partial charge in [0.15, 0.2) is 0 Å². The smallest absolute Gasteiger partial charge is 0.220 e. The van der Waals surface area contributed by atoms with Gasteiger partial charge in [-0.3, -0.25) is 4.79 Å². The third-order valence-corrected chi connectivity index (χ3v) is 7.99. The van der Waals surface area contributed by atoms with Crippen molar-refractivity contribution in [1.29, 1.82) is 0 Å². The molecule has 0 spiro atoms. The number of unbranched alkanes of at least 4 members (excludes halogenated alkanes) is 23. The molecule has 0 fully saturated rings. The first-order chi connectivity index (χ1) is 19.7. The first-order valence-electron chi connectivity index (χ1n) is 17.6. The van der Waals surface area contributed by atoms with Crippen molar-refractivity contribution in [2.24, 2.45) is 0 Å². The summed E-state index contributed by atoms with van der Waals surface area (Å²) in [5.74, 6) is -0.0823. The van der Waals surface area contributed by atoms with Crippen molar-refractivity contribution >= 4 is 5.91 Å². The molecular weight excluding hydrogens is 494 g/mol. The van der Waals surface area contributed by atoms with Gasteiger partial charge in [0.25, 0.3) is 0 Å². The predicted molar refractivity (Wildman–Crippen MR) is 175 cm³/mol. The molecule has 0 aromatic carbocycles. The maximum Gasteiger partial charge on any atom is 0.220 e. The minimum Gasteiger partial charge on any atom is -0.394 e. The van der Waals surface area contributed by atoms with Crippen LogP contribution in [0.1, 0.15) is 181 Å². The van der Waals surface area contributed by atoms with E-state index in [9.17, 15) is 15.0 Å². The zero-order valence-corrected chi connectivity index (χ0v) is 26.9. The molecule has 0 aliphatic heterocycles. The highest BCUT2D eigenvalue weighted by Crippen LogP contribution is 2.15. The highest BCUT2D eigenvalue weighted by Gasteiger charge is 2.17. The van der Waals surface area contributed by atoms with Gasteiger partial charge < -0.3 is 15.5 Å². The highest BCUT2D eigenvalue weighted by atomic mass is 16.3. The van der Waals surface area contributed by atoms with Gasteiger partial charge in [0.1, 0.15) is 0 Å². The van der Waals surface area contributed by atoms with E-state index < -0.39 is 12.1 Å². The Morgan fingerprint density at radius 3 is 1.43 bits per heavy atom. The number of aliphatic hydroxyl groups excluding tert-OH is 2. The summed E-state index contributed by atoms with van der Waals surface area (Å²) < 4.78 is 0. The molecule has 3 N–H and O–H groups in total. The van der Waals surface area contributed by atoms with Crippen molar-refractivity contribution < 1.29 is 15.0 Å². The van der Waals surface area contributed by atoms with Gasteiger partial charge in [0.2, 0.25) is 5.91 Å². The number of aliphatic hydroxyl groups is 2. The first-order valence-corrected chi connectivity index (χ1v) is 17.6. The summed E-state index contributed by atoms with van der Waals surface area (Å²) in [5.41, 5.74) is 0. The van der Waals surface area contributed by atoms with Crippen LogP contribution in [0, 0.1) is 0 Å². The van der Waals surface area contributed by atoms with Gasteiger partial charge in [-0.25, -0.2) is 0 Å². The molecule has 236 valence electrons. The quantitative estimate of drug-likeness (QED) is 0.0580. The minimum atomic E-state index is -0.881. The number of carbonyl (C=O) groups is 1. The molecule has 40 heavy (non-hydrogen) atoms. The van der Waals surface area contributed by atoms with Crippen LogP contribution >= 0.6 is 0 Å². The Morgan fingerprint density at radius 1 is 0.600 bits per heavy atom. The lowest BCUT2D eigenvalue weighted by Crippen LogP contribution is -2.45. The average molecular weight is 564 g/mol. The Labute approximate surface area is 249 Å². The van der Waals surface area contributed by atoms with E-state index in [0.717, 1.165) is 19.3 Å². The second kappa shape index (κ2) is 32.4. The molecule has 1 amide bonds. The van der Waals surface area contributed by atoms with Crippen LogP contribution in [0.15, 0.2) is 24.3 Å². The molecule has 0 radical (unpaired) electrons. The summed E-state index contributed by atoms with van der Waals surface area (Å²) in [4.78, 5) is 12.3. The third-order valence-electron chi connectivity index (χ3n) is 7.99. The van der Waals surface area contributed by atoms with E-state index in [1.807, 2.05) is 12.2 Å². The Hall–Kier alpha value is -1.13. The summed E-state index contributed by atoms with van der Waals surface area (Å²) in [6.45, 7) is 4.24. The molecule has 0 bridgehead atoms. The van der Waals surface area contributed by atoms with Crippen LogP contribution in [-0.2, 0) is 4.79 Å². The maximum absolute atomic E-state index is 12.3. The SMILES string of the molecule is CCCCCCC/C=C/C=C/[C@@H](O)[C@H](CO)NC(=O)CCCCCCCCCCCCCCCCCCCCC. The molecular formula is C36H69NO3. The summed E-state index contributed by atoms with van der Waals surface area (Å²) in [6.07, 6.45) is 39.9. The van der Waals surface area contributed by atoms with Crippen molar-refractivity contribution in [1.82, 2.24) is 5.32 Å². The monoisotopic (exact) mass is 564 g/mol. The van der Waals surface area contributed by atoms with Crippen LogP contribution in [0.4, 0.5) is 0 Å². The summed E-state index contributed by atoms with van der Waals surface area (Å²) in [6, 6.07) is -0.647. The lowest BCUT2D eigenvalue weighted by molar-refractivity contribution is -0.123. The molecule has 0 saturated carbocycles. The van der Waals surface area contributed by atoms with Crippen molar-refractivity contribution in [3.8, 4) is 0 Å². The van der Waals surface area contributed by atoms with Gasteiger partial charge in [-0.1, -0.05) is 179 Å². The van der Waals surface area contributed by atoms with Crippen LogP contribution in [0.3, 0.4) is 0 Å². The van der Waals surface area contributed by atoms with Gasteiger partial charge in [0.05, 0.1) is 18.8 Å². The standard InChI is InChI=1S/C36H69NO3/c1-3-5-7-9-11-13-14-15-16-17-18-19-20-21-22-24-26-28-30-32-36(40)37-34(33-38)35(39)31-29-27-25-23-12-10-8-6-4-2/h25,27,29,31,34-35,38-39H,3-24,26,28,30,32-33H2,1-2H3,(H,37,40)/b27-25+,31-29+/t34-,35+/m0/s1. The molecule has 4 heteroatoms. The maximum atomic E-state index is 12.3. The van der Waals surface area contributed by atoms with Crippen LogP contribution in [0.2, 0.25) is 0 Å². The molecule has 0 aromatic rings. The van der Waals surface area contributed by atoms with Gasteiger partial charge in [-0.15, -0.1) is 0 Å². The Bertz CT molecular complexity index is 574. The largest absolute Gasteiger partial charge is 0.394 e. The fourth-order valence-electron chi connectivity index (χ4n) is 5.23. The van der Waals surface area contributed by atoms with Crippen molar-refractivity contribution in [2.75, 3.05) is 6.61 Å². The van der Waals surface area contributed by atoms with Crippen molar-refractivity contribution in [3.63, 3.8) is 0 Å². The van der Waals surface area contributed by atoms with Crippen LogP contribution in [0.5, 0.6) is 0 Å². The number of amides is 1. The van der Waals surface area contributed by atoms with Crippen LogP contribution in [0.25, 0.3) is 0 Å². The molecule has 0 aliphatic carbocycles. The van der Waals surface area contributed by atoms with Gasteiger partial charge >= 0.3 is 0 Å². The molecule has 4 nitrogen and oxygen atoms in total. The lowest BCUT2D eigenvalue weighted by atomic mass is 10.0. The Balaban J connectivity index is 3.57. The Kier molecular flexibility index (Phi) is 31.5. The van der Waals surface area contributed by atoms with E-state index in [-0.39, 0.29) is 12.5 Å². The lowest BCUT2D eigenvalue weighted by Gasteiger charge is -2.19. The summed E-state index contributed by atoms with van der Waals surface area (Å²) in [5, 5.41) is 22.7. The molecule has 0 heterocycles. The fourth-order valence-corrected chi connectivity index (χ4v) is 5.23. The van der Waals surface area contributed by atoms with E-state index >= 15 is 0 Å². The second-order valence-corrected chi connectivity index (χ2v) is 12.0. The van der Waals surface area contributed by atoms with Gasteiger partial charge in [0, 0.05) is 6.42 Å². The second-order valence-electron chi connectivity index (χ2n) is 12.0. The van der Waals surface area contributed by atoms with E-state index in [1.165, 1.54) is 141 Å². The van der Waals surface area contributed by atoms with Crippen molar-refractivity contribution in [3.05, 3.63) is 24.3 Å². The number of nitrogens with one attached hydrogen (secondary N) is 1. The van der Waals surface area contributed by atoms with Crippen LogP contribution < -0.4 is 5.32 Å². The third kappa shape index (κ3) is 28.4. The first kappa shape index (κ1) is 38.9. The average Bonchev–Trinajstić information content (AvgIpc) is 2.96. The fraction of sp³-hybridized carbons (Fsp3) is 0.861. The molecule has 0 unspecified atom stereocenters. The minimum absolute atomic E-state index is 0.0823. The number of allylic oxidation sites excluding steroid dienone is 3. The summed E-state index contributed by atoms with van der Waals surface area (Å²) >= 11 is 0. The van der Waals surface area contributed by atoms with E-state index in [4.69, 9.17) is 0 Å². The zero-order valence-electron chi connectivity index (χ0n) is 26.9. The topological polar surface area (TPSA) is 69.6 Å². The number of carbonyl (C=O) groups excluding carboxylic acids is 1. The van der Waals surface area contributed by atoms with E-state index in [1.54, 1.807) is 6.08 Å². The van der Waals surface area contributed by atoms with Gasteiger partial charge in [-0.2, -0.15) is 0 Å².